The van der Waals surface area contributed by atoms with Crippen LogP contribution < -0.4 is 10.1 Å². The molecule has 4 rings (SSSR count). The number of nitrogens with one attached hydrogen (secondary N) is 1. The number of nitrogens with zero attached hydrogens (tertiary/aromatic N) is 4. The van der Waals surface area contributed by atoms with E-state index >= 15 is 0 Å². The second-order valence-corrected chi connectivity index (χ2v) is 7.32. The Hall–Kier alpha value is -3.53. The minimum atomic E-state index is -4.63. The van der Waals surface area contributed by atoms with Crippen LogP contribution in [-0.4, -0.2) is 26.5 Å². The Morgan fingerprint density at radius 1 is 1.03 bits per heavy atom. The predicted molar refractivity (Wildman–Crippen MR) is 115 cm³/mol. The molecule has 0 amide bonds. The molecule has 2 heterocycles. The Balaban J connectivity index is 1.73. The minimum Gasteiger partial charge on any atom is -0.476 e. The van der Waals surface area contributed by atoms with Gasteiger partial charge in [0.25, 0.3) is 0 Å². The summed E-state index contributed by atoms with van der Waals surface area (Å²) in [5.74, 6) is -0.0967. The molecule has 4 aromatic rings. The number of rotatable bonds is 6. The fourth-order valence-corrected chi connectivity index (χ4v) is 3.26. The molecule has 0 aliphatic carbocycles. The highest BCUT2D eigenvalue weighted by Crippen LogP contribution is 2.38. The number of anilines is 1. The molecule has 170 valence electrons. The SMILES string of the molecule is CCOc1nc(NCc2ccc(F)cc2)nc2ncc(-c3ccc(Cl)cc3C(F)(F)F)nc12. The number of fused-ring (bicyclic) bond motifs is 1. The van der Waals surface area contributed by atoms with Gasteiger partial charge >= 0.3 is 6.18 Å². The van der Waals surface area contributed by atoms with Gasteiger partial charge in [-0.1, -0.05) is 29.8 Å². The highest BCUT2D eigenvalue weighted by atomic mass is 35.5. The summed E-state index contributed by atoms with van der Waals surface area (Å²) in [4.78, 5) is 17.1. The molecule has 0 aliphatic rings. The third kappa shape index (κ3) is 5.11. The van der Waals surface area contributed by atoms with E-state index < -0.39 is 11.7 Å². The first-order chi connectivity index (χ1) is 15.7. The lowest BCUT2D eigenvalue weighted by molar-refractivity contribution is -0.137. The van der Waals surface area contributed by atoms with Gasteiger partial charge < -0.3 is 10.1 Å². The molecule has 6 nitrogen and oxygen atoms in total. The summed E-state index contributed by atoms with van der Waals surface area (Å²) < 4.78 is 59.3. The number of ether oxygens (including phenoxy) is 1. The molecule has 0 radical (unpaired) electrons. The summed E-state index contributed by atoms with van der Waals surface area (Å²) in [5.41, 5.74) is -0.0848. The summed E-state index contributed by atoms with van der Waals surface area (Å²) in [6.45, 7) is 2.28. The second-order valence-electron chi connectivity index (χ2n) is 6.88. The number of benzene rings is 2. The van der Waals surface area contributed by atoms with Crippen molar-refractivity contribution in [1.82, 2.24) is 19.9 Å². The topological polar surface area (TPSA) is 72.8 Å². The van der Waals surface area contributed by atoms with Crippen molar-refractivity contribution in [3.05, 3.63) is 70.6 Å². The van der Waals surface area contributed by atoms with Crippen molar-refractivity contribution < 1.29 is 22.3 Å². The molecular formula is C22H16ClF4N5O. The van der Waals surface area contributed by atoms with E-state index in [9.17, 15) is 17.6 Å². The Bertz CT molecular complexity index is 1300. The van der Waals surface area contributed by atoms with Crippen molar-refractivity contribution in [2.24, 2.45) is 0 Å². The summed E-state index contributed by atoms with van der Waals surface area (Å²) in [6, 6.07) is 9.32. The van der Waals surface area contributed by atoms with Crippen molar-refractivity contribution in [1.29, 1.82) is 0 Å². The molecule has 0 unspecified atom stereocenters. The van der Waals surface area contributed by atoms with Crippen molar-refractivity contribution in [3.8, 4) is 17.1 Å². The van der Waals surface area contributed by atoms with Gasteiger partial charge in [-0.15, -0.1) is 0 Å². The van der Waals surface area contributed by atoms with Crippen LogP contribution in [0.25, 0.3) is 22.4 Å². The van der Waals surface area contributed by atoms with Crippen LogP contribution in [0, 0.1) is 5.82 Å². The standard InChI is InChI=1S/C22H16ClF4N5O/c1-2-33-20-18-19(31-21(32-20)29-10-12-3-6-14(24)7-4-12)28-11-17(30-18)15-8-5-13(23)9-16(15)22(25,26)27/h3-9,11H,2,10H2,1H3,(H,28,29,31,32). The van der Waals surface area contributed by atoms with Gasteiger partial charge in [0.05, 0.1) is 24.1 Å². The van der Waals surface area contributed by atoms with Crippen LogP contribution in [0.1, 0.15) is 18.1 Å². The minimum absolute atomic E-state index is 0.0249. The number of hydrogen-bond donors (Lipinski definition) is 1. The lowest BCUT2D eigenvalue weighted by Crippen LogP contribution is -2.09. The highest BCUT2D eigenvalue weighted by molar-refractivity contribution is 6.30. The van der Waals surface area contributed by atoms with Crippen molar-refractivity contribution in [2.45, 2.75) is 19.6 Å². The van der Waals surface area contributed by atoms with Crippen LogP contribution in [0.5, 0.6) is 5.88 Å². The molecule has 0 spiro atoms. The van der Waals surface area contributed by atoms with Crippen molar-refractivity contribution in [2.75, 3.05) is 11.9 Å². The van der Waals surface area contributed by atoms with Gasteiger partial charge in [-0.25, -0.2) is 14.4 Å². The first-order valence-electron chi connectivity index (χ1n) is 9.77. The molecular weight excluding hydrogens is 462 g/mol. The molecule has 0 saturated heterocycles. The van der Waals surface area contributed by atoms with E-state index in [1.807, 2.05) is 0 Å². The second kappa shape index (κ2) is 9.14. The largest absolute Gasteiger partial charge is 0.476 e. The molecule has 1 N–H and O–H groups in total. The average molecular weight is 478 g/mol. The van der Waals surface area contributed by atoms with E-state index in [1.54, 1.807) is 19.1 Å². The molecule has 0 saturated carbocycles. The van der Waals surface area contributed by atoms with Gasteiger partial charge in [-0.05, 0) is 36.8 Å². The van der Waals surface area contributed by atoms with Crippen LogP contribution in [0.15, 0.2) is 48.7 Å². The summed E-state index contributed by atoms with van der Waals surface area (Å²) >= 11 is 5.77. The van der Waals surface area contributed by atoms with Gasteiger partial charge in [0.15, 0.2) is 11.2 Å². The molecule has 11 heteroatoms. The van der Waals surface area contributed by atoms with E-state index in [4.69, 9.17) is 16.3 Å². The zero-order valence-corrected chi connectivity index (χ0v) is 17.9. The van der Waals surface area contributed by atoms with Gasteiger partial charge in [-0.2, -0.15) is 23.1 Å². The lowest BCUT2D eigenvalue weighted by Gasteiger charge is -2.14. The fourth-order valence-electron chi connectivity index (χ4n) is 3.09. The quantitative estimate of drug-likeness (QED) is 0.348. The fraction of sp³-hybridized carbons (Fsp3) is 0.182. The van der Waals surface area contributed by atoms with E-state index in [0.717, 1.165) is 11.6 Å². The predicted octanol–water partition coefficient (Wildman–Crippen LogP) is 5.91. The third-order valence-corrected chi connectivity index (χ3v) is 4.82. The summed E-state index contributed by atoms with van der Waals surface area (Å²) in [5, 5.41) is 2.95. The highest BCUT2D eigenvalue weighted by Gasteiger charge is 2.34. The van der Waals surface area contributed by atoms with Crippen LogP contribution in [0.3, 0.4) is 0 Å². The molecule has 0 atom stereocenters. The van der Waals surface area contributed by atoms with Crippen LogP contribution in [0.2, 0.25) is 5.02 Å². The number of aromatic nitrogens is 4. The smallest absolute Gasteiger partial charge is 0.417 e. The Labute approximate surface area is 190 Å². The van der Waals surface area contributed by atoms with Crippen molar-refractivity contribution in [3.63, 3.8) is 0 Å². The van der Waals surface area contributed by atoms with Crippen LogP contribution in [-0.2, 0) is 12.7 Å². The third-order valence-electron chi connectivity index (χ3n) is 4.58. The molecule has 0 bridgehead atoms. The van der Waals surface area contributed by atoms with Crippen LogP contribution in [0.4, 0.5) is 23.5 Å². The Kier molecular flexibility index (Phi) is 6.28. The van der Waals surface area contributed by atoms with E-state index in [0.29, 0.717) is 6.54 Å². The van der Waals surface area contributed by atoms with Crippen LogP contribution >= 0.6 is 11.6 Å². The zero-order chi connectivity index (χ0) is 23.6. The van der Waals surface area contributed by atoms with Crippen molar-refractivity contribution >= 4 is 28.7 Å². The lowest BCUT2D eigenvalue weighted by atomic mass is 10.0. The summed E-state index contributed by atoms with van der Waals surface area (Å²) in [7, 11) is 0. The maximum Gasteiger partial charge on any atom is 0.417 e. The van der Waals surface area contributed by atoms with Gasteiger partial charge in [-0.3, -0.25) is 0 Å². The van der Waals surface area contributed by atoms with Gasteiger partial charge in [0.1, 0.15) is 5.82 Å². The Morgan fingerprint density at radius 2 is 1.79 bits per heavy atom. The number of alkyl halides is 3. The first-order valence-corrected chi connectivity index (χ1v) is 10.2. The number of hydrogen-bond acceptors (Lipinski definition) is 6. The molecule has 33 heavy (non-hydrogen) atoms. The zero-order valence-electron chi connectivity index (χ0n) is 17.1. The molecule has 0 fully saturated rings. The van der Waals surface area contributed by atoms with E-state index in [1.165, 1.54) is 30.5 Å². The molecule has 0 aliphatic heterocycles. The van der Waals surface area contributed by atoms with E-state index in [2.05, 4.69) is 25.3 Å². The molecule has 2 aromatic carbocycles. The van der Waals surface area contributed by atoms with Gasteiger partial charge in [0.2, 0.25) is 11.8 Å². The van der Waals surface area contributed by atoms with Gasteiger partial charge in [0, 0.05) is 17.1 Å². The normalized spacial score (nSPS) is 11.6. The maximum absolute atomic E-state index is 13.5. The average Bonchev–Trinajstić information content (AvgIpc) is 2.78. The monoisotopic (exact) mass is 477 g/mol. The van der Waals surface area contributed by atoms with E-state index in [-0.39, 0.29) is 51.7 Å². The summed E-state index contributed by atoms with van der Waals surface area (Å²) in [6.07, 6.45) is -3.43. The molecule has 2 aromatic heterocycles. The Morgan fingerprint density at radius 3 is 2.48 bits per heavy atom. The number of halogens is 5. The first kappa shape index (κ1) is 22.7. The maximum atomic E-state index is 13.5.